The number of rotatable bonds is 2. The molecule has 0 aliphatic heterocycles. The summed E-state index contributed by atoms with van der Waals surface area (Å²) in [6, 6.07) is 3.83. The van der Waals surface area contributed by atoms with Crippen molar-refractivity contribution >= 4 is 0 Å². The lowest BCUT2D eigenvalue weighted by molar-refractivity contribution is 0.751. The Morgan fingerprint density at radius 2 is 2.21 bits per heavy atom. The van der Waals surface area contributed by atoms with Crippen molar-refractivity contribution in [3.8, 4) is 5.69 Å². The summed E-state index contributed by atoms with van der Waals surface area (Å²) in [6.07, 6.45) is 7.05. The third-order valence-electron chi connectivity index (χ3n) is 2.06. The molecule has 0 saturated heterocycles. The largest absolute Gasteiger partial charge is 0.323 e. The number of nitrogens with two attached hydrogens (primary N) is 1. The van der Waals surface area contributed by atoms with E-state index in [1.807, 2.05) is 23.6 Å². The first-order valence-corrected chi connectivity index (χ1v) is 4.47. The summed E-state index contributed by atoms with van der Waals surface area (Å²) in [5.41, 5.74) is 7.78. The van der Waals surface area contributed by atoms with Gasteiger partial charge in [-0.05, 0) is 19.1 Å². The van der Waals surface area contributed by atoms with E-state index in [1.54, 1.807) is 24.9 Å². The van der Waals surface area contributed by atoms with Gasteiger partial charge in [0.2, 0.25) is 0 Å². The van der Waals surface area contributed by atoms with Gasteiger partial charge in [-0.15, -0.1) is 0 Å². The van der Waals surface area contributed by atoms with Gasteiger partial charge in [0.1, 0.15) is 0 Å². The second-order valence-electron chi connectivity index (χ2n) is 3.19. The summed E-state index contributed by atoms with van der Waals surface area (Å²) >= 11 is 0. The molecular formula is C10H12N4. The highest BCUT2D eigenvalue weighted by Crippen LogP contribution is 2.14. The van der Waals surface area contributed by atoms with Gasteiger partial charge < -0.3 is 10.3 Å². The lowest BCUT2D eigenvalue weighted by Gasteiger charge is -2.09. The molecule has 0 aromatic carbocycles. The standard InChI is InChI=1S/C10H12N4/c1-8(11)10-6-13-7-14(10)9-3-2-4-12-5-9/h2-8H,11H2,1H3. The summed E-state index contributed by atoms with van der Waals surface area (Å²) < 4.78 is 1.94. The molecule has 0 bridgehead atoms. The molecule has 2 N–H and O–H groups in total. The summed E-state index contributed by atoms with van der Waals surface area (Å²) in [6.45, 7) is 1.93. The predicted molar refractivity (Wildman–Crippen MR) is 54.0 cm³/mol. The van der Waals surface area contributed by atoms with Crippen molar-refractivity contribution in [1.29, 1.82) is 0 Å². The molecule has 1 unspecified atom stereocenters. The number of pyridine rings is 1. The molecule has 0 amide bonds. The van der Waals surface area contributed by atoms with Crippen LogP contribution in [-0.2, 0) is 0 Å². The van der Waals surface area contributed by atoms with Crippen LogP contribution < -0.4 is 5.73 Å². The Morgan fingerprint density at radius 3 is 2.86 bits per heavy atom. The van der Waals surface area contributed by atoms with Crippen molar-refractivity contribution in [2.75, 3.05) is 0 Å². The van der Waals surface area contributed by atoms with Gasteiger partial charge in [0, 0.05) is 12.2 Å². The fraction of sp³-hybridized carbons (Fsp3) is 0.200. The van der Waals surface area contributed by atoms with E-state index < -0.39 is 0 Å². The van der Waals surface area contributed by atoms with Crippen LogP contribution in [0.2, 0.25) is 0 Å². The van der Waals surface area contributed by atoms with Crippen molar-refractivity contribution in [2.45, 2.75) is 13.0 Å². The number of hydrogen-bond acceptors (Lipinski definition) is 3. The van der Waals surface area contributed by atoms with Crippen LogP contribution in [0.15, 0.2) is 37.1 Å². The van der Waals surface area contributed by atoms with E-state index in [1.165, 1.54) is 0 Å². The molecule has 4 nitrogen and oxygen atoms in total. The Labute approximate surface area is 82.4 Å². The lowest BCUT2D eigenvalue weighted by Crippen LogP contribution is -2.10. The van der Waals surface area contributed by atoms with Crippen molar-refractivity contribution in [2.24, 2.45) is 5.73 Å². The van der Waals surface area contributed by atoms with Crippen molar-refractivity contribution < 1.29 is 0 Å². The van der Waals surface area contributed by atoms with Crippen LogP contribution in [0.1, 0.15) is 18.7 Å². The SMILES string of the molecule is CC(N)c1cncn1-c1cccnc1. The Bertz CT molecular complexity index is 405. The van der Waals surface area contributed by atoms with Gasteiger partial charge in [0.05, 0.1) is 30.1 Å². The first-order chi connectivity index (χ1) is 6.79. The van der Waals surface area contributed by atoms with Gasteiger partial charge in [-0.3, -0.25) is 4.98 Å². The number of nitrogens with zero attached hydrogens (tertiary/aromatic N) is 3. The molecule has 2 aromatic rings. The van der Waals surface area contributed by atoms with Crippen LogP contribution in [0, 0.1) is 0 Å². The predicted octanol–water partition coefficient (Wildman–Crippen LogP) is 1.29. The smallest absolute Gasteiger partial charge is 0.0995 e. The van der Waals surface area contributed by atoms with Crippen molar-refractivity contribution in [3.05, 3.63) is 42.7 Å². The van der Waals surface area contributed by atoms with Gasteiger partial charge in [0.15, 0.2) is 0 Å². The van der Waals surface area contributed by atoms with Crippen molar-refractivity contribution in [1.82, 2.24) is 14.5 Å². The van der Waals surface area contributed by atoms with Gasteiger partial charge in [-0.1, -0.05) is 0 Å². The highest BCUT2D eigenvalue weighted by Gasteiger charge is 2.07. The van der Waals surface area contributed by atoms with Crippen LogP contribution >= 0.6 is 0 Å². The third-order valence-corrected chi connectivity index (χ3v) is 2.06. The minimum atomic E-state index is -0.0299. The van der Waals surface area contributed by atoms with Crippen LogP contribution in [0.25, 0.3) is 5.69 Å². The van der Waals surface area contributed by atoms with Crippen molar-refractivity contribution in [3.63, 3.8) is 0 Å². The summed E-state index contributed by atoms with van der Waals surface area (Å²) in [7, 11) is 0. The van der Waals surface area contributed by atoms with Crippen LogP contribution in [0.5, 0.6) is 0 Å². The molecule has 2 rings (SSSR count). The molecule has 0 spiro atoms. The molecule has 0 aliphatic rings. The molecule has 1 atom stereocenters. The average molecular weight is 188 g/mol. The summed E-state index contributed by atoms with van der Waals surface area (Å²) in [5.74, 6) is 0. The zero-order valence-corrected chi connectivity index (χ0v) is 7.96. The van der Waals surface area contributed by atoms with Gasteiger partial charge in [0.25, 0.3) is 0 Å². The highest BCUT2D eigenvalue weighted by molar-refractivity contribution is 5.30. The zero-order chi connectivity index (χ0) is 9.97. The fourth-order valence-electron chi connectivity index (χ4n) is 1.35. The van der Waals surface area contributed by atoms with E-state index in [0.717, 1.165) is 11.4 Å². The maximum Gasteiger partial charge on any atom is 0.0995 e. The van der Waals surface area contributed by atoms with E-state index in [0.29, 0.717) is 0 Å². The maximum absolute atomic E-state index is 5.82. The van der Waals surface area contributed by atoms with Gasteiger partial charge in [-0.2, -0.15) is 0 Å². The highest BCUT2D eigenvalue weighted by atomic mass is 15.1. The maximum atomic E-state index is 5.82. The van der Waals surface area contributed by atoms with E-state index in [9.17, 15) is 0 Å². The second kappa shape index (κ2) is 3.59. The van der Waals surface area contributed by atoms with Crippen LogP contribution in [-0.4, -0.2) is 14.5 Å². The Hall–Kier alpha value is -1.68. The van der Waals surface area contributed by atoms with Crippen LogP contribution in [0.3, 0.4) is 0 Å². The third kappa shape index (κ3) is 1.52. The molecule has 72 valence electrons. The molecule has 4 heteroatoms. The van der Waals surface area contributed by atoms with E-state index >= 15 is 0 Å². The summed E-state index contributed by atoms with van der Waals surface area (Å²) in [5, 5.41) is 0. The van der Waals surface area contributed by atoms with E-state index in [-0.39, 0.29) is 6.04 Å². The average Bonchev–Trinajstić information content (AvgIpc) is 2.67. The Balaban J connectivity index is 2.47. The molecule has 0 radical (unpaired) electrons. The first-order valence-electron chi connectivity index (χ1n) is 4.47. The van der Waals surface area contributed by atoms with E-state index in [2.05, 4.69) is 9.97 Å². The first kappa shape index (κ1) is 8.90. The molecule has 0 aliphatic carbocycles. The van der Waals surface area contributed by atoms with Gasteiger partial charge >= 0.3 is 0 Å². The van der Waals surface area contributed by atoms with Gasteiger partial charge in [-0.25, -0.2) is 4.98 Å². The monoisotopic (exact) mass is 188 g/mol. The Morgan fingerprint density at radius 1 is 1.36 bits per heavy atom. The topological polar surface area (TPSA) is 56.7 Å². The lowest BCUT2D eigenvalue weighted by atomic mass is 10.2. The molecule has 14 heavy (non-hydrogen) atoms. The second-order valence-corrected chi connectivity index (χ2v) is 3.19. The number of imidazole rings is 1. The minimum absolute atomic E-state index is 0.0299. The molecule has 0 fully saturated rings. The molecule has 0 saturated carbocycles. The normalized spacial score (nSPS) is 12.7. The van der Waals surface area contributed by atoms with Crippen LogP contribution in [0.4, 0.5) is 0 Å². The molecule has 2 aromatic heterocycles. The number of hydrogen-bond donors (Lipinski definition) is 1. The fourth-order valence-corrected chi connectivity index (χ4v) is 1.35. The molecule has 2 heterocycles. The molecular weight excluding hydrogens is 176 g/mol. The zero-order valence-electron chi connectivity index (χ0n) is 7.96. The number of aromatic nitrogens is 3. The summed E-state index contributed by atoms with van der Waals surface area (Å²) in [4.78, 5) is 8.13. The minimum Gasteiger partial charge on any atom is -0.323 e. The van der Waals surface area contributed by atoms with E-state index in [4.69, 9.17) is 5.73 Å². The Kier molecular flexibility index (Phi) is 2.28. The quantitative estimate of drug-likeness (QED) is 0.772.